The van der Waals surface area contributed by atoms with Crippen LogP contribution in [0.5, 0.6) is 0 Å². The van der Waals surface area contributed by atoms with Gasteiger partial charge in [-0.15, -0.1) is 24.0 Å². The van der Waals surface area contributed by atoms with Crippen molar-refractivity contribution in [3.8, 4) is 0 Å². The predicted octanol–water partition coefficient (Wildman–Crippen LogP) is 4.07. The number of aromatic nitrogens is 2. The van der Waals surface area contributed by atoms with Crippen molar-refractivity contribution in [2.45, 2.75) is 47.3 Å². The van der Waals surface area contributed by atoms with E-state index in [1.54, 1.807) is 7.11 Å². The topological polar surface area (TPSA) is 76.6 Å². The molecule has 0 saturated heterocycles. The van der Waals surface area contributed by atoms with Crippen LogP contribution in [0.25, 0.3) is 11.0 Å². The highest BCUT2D eigenvalue weighted by Gasteiger charge is 2.13. The number of benzene rings is 1. The molecule has 1 aromatic carbocycles. The minimum Gasteiger partial charge on any atom is -0.459 e. The Bertz CT molecular complexity index is 993. The van der Waals surface area contributed by atoms with E-state index >= 15 is 0 Å². The van der Waals surface area contributed by atoms with Gasteiger partial charge < -0.3 is 19.8 Å². The number of methoxy groups -OCH3 is 1. The van der Waals surface area contributed by atoms with Gasteiger partial charge in [0.15, 0.2) is 5.96 Å². The van der Waals surface area contributed by atoms with Gasteiger partial charge in [0.05, 0.1) is 31.9 Å². The number of nitrogens with one attached hydrogen (secondary N) is 2. The monoisotopic (exact) mass is 525 g/mol. The molecule has 8 heteroatoms. The van der Waals surface area contributed by atoms with Crippen LogP contribution in [0.2, 0.25) is 0 Å². The van der Waals surface area contributed by atoms with E-state index in [9.17, 15) is 0 Å². The Labute approximate surface area is 195 Å². The van der Waals surface area contributed by atoms with Crippen LogP contribution in [-0.4, -0.2) is 36.0 Å². The lowest BCUT2D eigenvalue weighted by Gasteiger charge is -2.11. The summed E-state index contributed by atoms with van der Waals surface area (Å²) in [5, 5.41) is 12.5. The largest absolute Gasteiger partial charge is 0.459 e. The lowest BCUT2D eigenvalue weighted by atomic mass is 10.1. The van der Waals surface area contributed by atoms with Gasteiger partial charge in [-0.3, -0.25) is 4.68 Å². The van der Waals surface area contributed by atoms with Crippen LogP contribution in [0, 0.1) is 20.8 Å². The molecule has 3 rings (SSSR count). The molecule has 0 aliphatic heterocycles. The molecule has 0 spiro atoms. The first-order valence-corrected chi connectivity index (χ1v) is 10.1. The summed E-state index contributed by atoms with van der Waals surface area (Å²) in [7, 11) is 1.70. The van der Waals surface area contributed by atoms with E-state index in [2.05, 4.69) is 42.6 Å². The average Bonchev–Trinajstić information content (AvgIpc) is 3.18. The van der Waals surface area contributed by atoms with Crippen LogP contribution < -0.4 is 10.6 Å². The van der Waals surface area contributed by atoms with E-state index in [4.69, 9.17) is 14.1 Å². The third-order valence-corrected chi connectivity index (χ3v) is 5.14. The van der Waals surface area contributed by atoms with E-state index in [1.807, 2.05) is 29.8 Å². The van der Waals surface area contributed by atoms with Crippen molar-refractivity contribution >= 4 is 40.9 Å². The molecule has 7 nitrogen and oxygen atoms in total. The number of hydrogen-bond donors (Lipinski definition) is 2. The highest BCUT2D eigenvalue weighted by Crippen LogP contribution is 2.24. The number of guanidine groups is 1. The Balaban J connectivity index is 0.00000320. The zero-order valence-corrected chi connectivity index (χ0v) is 20.7. The standard InChI is InChI=1S/C22H31N5O2.HI/c1-6-23-22(24-13-19-16(3)26-27(17(19)4)11-12-28-5)25-14-21-15(2)18-9-7-8-10-20(18)29-21;/h7-10H,6,11-14H2,1-5H3,(H2,23,24,25);1H. The lowest BCUT2D eigenvalue weighted by molar-refractivity contribution is 0.182. The first kappa shape index (κ1) is 24.2. The van der Waals surface area contributed by atoms with Crippen molar-refractivity contribution in [3.63, 3.8) is 0 Å². The lowest BCUT2D eigenvalue weighted by Crippen LogP contribution is -2.36. The second-order valence-corrected chi connectivity index (χ2v) is 7.06. The molecule has 3 aromatic rings. The number of halogens is 1. The Hall–Kier alpha value is -2.07. The smallest absolute Gasteiger partial charge is 0.191 e. The minimum atomic E-state index is 0. The zero-order valence-electron chi connectivity index (χ0n) is 18.4. The first-order valence-electron chi connectivity index (χ1n) is 10.1. The molecule has 0 fully saturated rings. The molecule has 0 radical (unpaired) electrons. The molecule has 2 N–H and O–H groups in total. The van der Waals surface area contributed by atoms with Crippen LogP contribution in [0.3, 0.4) is 0 Å². The van der Waals surface area contributed by atoms with Gasteiger partial charge in [0.1, 0.15) is 11.3 Å². The van der Waals surface area contributed by atoms with Crippen molar-refractivity contribution in [2.24, 2.45) is 4.99 Å². The van der Waals surface area contributed by atoms with Gasteiger partial charge in [0, 0.05) is 35.9 Å². The molecule has 0 aliphatic rings. The van der Waals surface area contributed by atoms with Crippen LogP contribution >= 0.6 is 24.0 Å². The molecule has 0 aliphatic carbocycles. The zero-order chi connectivity index (χ0) is 20.8. The highest BCUT2D eigenvalue weighted by molar-refractivity contribution is 14.0. The van der Waals surface area contributed by atoms with Crippen molar-refractivity contribution < 1.29 is 9.15 Å². The number of fused-ring (bicyclic) bond motifs is 1. The normalized spacial score (nSPS) is 11.6. The number of furan rings is 1. The van der Waals surface area contributed by atoms with Crippen LogP contribution in [0.15, 0.2) is 33.7 Å². The number of nitrogens with zero attached hydrogens (tertiary/aromatic N) is 3. The van der Waals surface area contributed by atoms with Crippen LogP contribution in [-0.2, 0) is 24.4 Å². The number of rotatable bonds is 8. The number of hydrogen-bond acceptors (Lipinski definition) is 4. The summed E-state index contributed by atoms with van der Waals surface area (Å²) in [4.78, 5) is 4.77. The van der Waals surface area contributed by atoms with Gasteiger partial charge in [0.25, 0.3) is 0 Å². The van der Waals surface area contributed by atoms with E-state index in [1.165, 1.54) is 0 Å². The van der Waals surface area contributed by atoms with Crippen molar-refractivity contribution in [1.82, 2.24) is 20.4 Å². The second kappa shape index (κ2) is 11.4. The molecule has 0 bridgehead atoms. The molecule has 0 atom stereocenters. The van der Waals surface area contributed by atoms with Crippen molar-refractivity contribution in [3.05, 3.63) is 52.5 Å². The summed E-state index contributed by atoms with van der Waals surface area (Å²) in [6.45, 7) is 11.6. The van der Waals surface area contributed by atoms with Gasteiger partial charge >= 0.3 is 0 Å². The molecule has 2 heterocycles. The predicted molar refractivity (Wildman–Crippen MR) is 132 cm³/mol. The van der Waals surface area contributed by atoms with Gasteiger partial charge in [-0.05, 0) is 33.8 Å². The fraction of sp³-hybridized carbons (Fsp3) is 0.455. The average molecular weight is 525 g/mol. The number of aryl methyl sites for hydroxylation is 2. The van der Waals surface area contributed by atoms with Crippen molar-refractivity contribution in [1.29, 1.82) is 0 Å². The highest BCUT2D eigenvalue weighted by atomic mass is 127. The molecule has 0 saturated carbocycles. The Morgan fingerprint density at radius 2 is 1.97 bits per heavy atom. The summed E-state index contributed by atoms with van der Waals surface area (Å²) in [6, 6.07) is 8.11. The van der Waals surface area contributed by atoms with Gasteiger partial charge in [-0.1, -0.05) is 18.2 Å². The molecular formula is C22H32IN5O2. The van der Waals surface area contributed by atoms with E-state index in [-0.39, 0.29) is 24.0 Å². The van der Waals surface area contributed by atoms with Gasteiger partial charge in [0.2, 0.25) is 0 Å². The molecule has 2 aromatic heterocycles. The molecular weight excluding hydrogens is 493 g/mol. The number of aliphatic imine (C=N–C) groups is 1. The quantitative estimate of drug-likeness (QED) is 0.264. The van der Waals surface area contributed by atoms with E-state index < -0.39 is 0 Å². The third kappa shape index (κ3) is 5.54. The fourth-order valence-corrected chi connectivity index (χ4v) is 3.42. The van der Waals surface area contributed by atoms with Crippen LogP contribution in [0.1, 0.15) is 35.2 Å². The van der Waals surface area contributed by atoms with E-state index in [0.717, 1.165) is 58.3 Å². The summed E-state index contributed by atoms with van der Waals surface area (Å²) in [5.74, 6) is 1.69. The number of ether oxygens (including phenoxy) is 1. The summed E-state index contributed by atoms with van der Waals surface area (Å²) in [5.41, 5.74) is 5.37. The summed E-state index contributed by atoms with van der Waals surface area (Å²) >= 11 is 0. The molecule has 30 heavy (non-hydrogen) atoms. The Kier molecular flexibility index (Phi) is 9.16. The van der Waals surface area contributed by atoms with Gasteiger partial charge in [-0.2, -0.15) is 5.10 Å². The second-order valence-electron chi connectivity index (χ2n) is 7.06. The molecule has 0 unspecified atom stereocenters. The van der Waals surface area contributed by atoms with Crippen LogP contribution in [0.4, 0.5) is 0 Å². The maximum atomic E-state index is 6.00. The maximum absolute atomic E-state index is 6.00. The SMILES string of the molecule is CCNC(=NCc1c(C)nn(CCOC)c1C)NCc1oc2ccccc2c1C.I. The van der Waals surface area contributed by atoms with Crippen molar-refractivity contribution in [2.75, 3.05) is 20.3 Å². The summed E-state index contributed by atoms with van der Waals surface area (Å²) < 4.78 is 13.2. The molecule has 0 amide bonds. The first-order chi connectivity index (χ1) is 14.0. The Morgan fingerprint density at radius 1 is 1.20 bits per heavy atom. The third-order valence-electron chi connectivity index (χ3n) is 5.14. The van der Waals surface area contributed by atoms with E-state index in [0.29, 0.717) is 19.7 Å². The number of para-hydroxylation sites is 1. The fourth-order valence-electron chi connectivity index (χ4n) is 3.42. The molecule has 164 valence electrons. The minimum absolute atomic E-state index is 0. The van der Waals surface area contributed by atoms with Gasteiger partial charge in [-0.25, -0.2) is 4.99 Å². The maximum Gasteiger partial charge on any atom is 0.191 e. The summed E-state index contributed by atoms with van der Waals surface area (Å²) in [6.07, 6.45) is 0. The Morgan fingerprint density at radius 3 is 2.67 bits per heavy atom.